The Morgan fingerprint density at radius 3 is 2.84 bits per heavy atom. The highest BCUT2D eigenvalue weighted by atomic mass is 32.1. The van der Waals surface area contributed by atoms with Gasteiger partial charge in [0, 0.05) is 19.7 Å². The van der Waals surface area contributed by atoms with Crippen LogP contribution in [0.3, 0.4) is 0 Å². The van der Waals surface area contributed by atoms with Crippen molar-refractivity contribution in [1.82, 2.24) is 20.0 Å². The third-order valence-electron chi connectivity index (χ3n) is 2.24. The lowest BCUT2D eigenvalue weighted by molar-refractivity contribution is 0.0687. The monoisotopic (exact) mass is 281 g/mol. The number of carboxylic acids is 1. The molecule has 2 heterocycles. The average Bonchev–Trinajstić information content (AvgIpc) is 2.97. The Bertz CT molecular complexity index is 561. The van der Waals surface area contributed by atoms with Gasteiger partial charge in [0.1, 0.15) is 4.88 Å². The van der Waals surface area contributed by atoms with Crippen LogP contribution < -0.4 is 5.32 Å². The van der Waals surface area contributed by atoms with Gasteiger partial charge in [-0.05, 0) is 0 Å². The SMILES string of the molecule is CC(=O)c1sc(NCCn2ccnn2)nc1C(=O)O. The van der Waals surface area contributed by atoms with Crippen molar-refractivity contribution in [2.24, 2.45) is 0 Å². The molecule has 2 aromatic rings. The molecular weight excluding hydrogens is 270 g/mol. The number of carboxylic acid groups (broad SMARTS) is 1. The Hall–Kier alpha value is -2.29. The number of rotatable bonds is 6. The fraction of sp³-hybridized carbons (Fsp3) is 0.300. The van der Waals surface area contributed by atoms with Gasteiger partial charge in [0.2, 0.25) is 0 Å². The largest absolute Gasteiger partial charge is 0.476 e. The molecule has 0 aliphatic rings. The van der Waals surface area contributed by atoms with Gasteiger partial charge in [-0.15, -0.1) is 5.10 Å². The number of aromatic nitrogens is 4. The van der Waals surface area contributed by atoms with Crippen LogP contribution in [0.1, 0.15) is 27.1 Å². The smallest absolute Gasteiger partial charge is 0.356 e. The van der Waals surface area contributed by atoms with E-state index in [1.807, 2.05) is 0 Å². The van der Waals surface area contributed by atoms with E-state index in [4.69, 9.17) is 5.11 Å². The molecule has 0 aliphatic carbocycles. The topological polar surface area (TPSA) is 110 Å². The number of nitrogens with one attached hydrogen (secondary N) is 1. The molecule has 19 heavy (non-hydrogen) atoms. The molecule has 2 aromatic heterocycles. The van der Waals surface area contributed by atoms with E-state index in [-0.39, 0.29) is 16.4 Å². The summed E-state index contributed by atoms with van der Waals surface area (Å²) < 4.78 is 1.63. The summed E-state index contributed by atoms with van der Waals surface area (Å²) in [6.45, 7) is 2.39. The first kappa shape index (κ1) is 13.1. The average molecular weight is 281 g/mol. The van der Waals surface area contributed by atoms with Crippen LogP contribution in [0, 0.1) is 0 Å². The van der Waals surface area contributed by atoms with Crippen LogP contribution in [0.25, 0.3) is 0 Å². The predicted octanol–water partition coefficient (Wildman–Crippen LogP) is 0.747. The van der Waals surface area contributed by atoms with Crippen LogP contribution in [-0.2, 0) is 6.54 Å². The van der Waals surface area contributed by atoms with E-state index >= 15 is 0 Å². The lowest BCUT2D eigenvalue weighted by Crippen LogP contribution is -2.11. The third kappa shape index (κ3) is 3.13. The zero-order valence-electron chi connectivity index (χ0n) is 10.0. The van der Waals surface area contributed by atoms with Crippen molar-refractivity contribution < 1.29 is 14.7 Å². The van der Waals surface area contributed by atoms with Gasteiger partial charge in [0.25, 0.3) is 0 Å². The maximum absolute atomic E-state index is 11.3. The van der Waals surface area contributed by atoms with Gasteiger partial charge in [-0.3, -0.25) is 9.48 Å². The number of Topliss-reactive ketones (excluding diaryl/α,β-unsaturated/α-hetero) is 1. The molecule has 0 radical (unpaired) electrons. The van der Waals surface area contributed by atoms with Crippen molar-refractivity contribution in [2.45, 2.75) is 13.5 Å². The van der Waals surface area contributed by atoms with E-state index in [0.29, 0.717) is 18.2 Å². The van der Waals surface area contributed by atoms with E-state index in [1.165, 1.54) is 6.92 Å². The molecular formula is C10H11N5O3S. The van der Waals surface area contributed by atoms with Crippen molar-refractivity contribution in [3.8, 4) is 0 Å². The van der Waals surface area contributed by atoms with Crippen LogP contribution in [0.15, 0.2) is 12.4 Å². The second-order valence-corrected chi connectivity index (χ2v) is 4.65. The number of ketones is 1. The summed E-state index contributed by atoms with van der Waals surface area (Å²) in [6, 6.07) is 0. The van der Waals surface area contributed by atoms with Crippen molar-refractivity contribution >= 4 is 28.2 Å². The highest BCUT2D eigenvalue weighted by molar-refractivity contribution is 7.17. The number of thiazole rings is 1. The zero-order valence-corrected chi connectivity index (χ0v) is 10.8. The second-order valence-electron chi connectivity index (χ2n) is 3.65. The standard InChI is InChI=1S/C10H11N5O3S/c1-6(16)8-7(9(17)18)13-10(19-8)11-2-4-15-5-3-12-14-15/h3,5H,2,4H2,1H3,(H,11,13)(H,17,18). The minimum atomic E-state index is -1.20. The van der Waals surface area contributed by atoms with E-state index in [9.17, 15) is 9.59 Å². The Morgan fingerprint density at radius 2 is 2.32 bits per heavy atom. The molecule has 0 atom stereocenters. The molecule has 2 N–H and O–H groups in total. The number of carbonyl (C=O) groups is 2. The first-order chi connectivity index (χ1) is 9.08. The van der Waals surface area contributed by atoms with Crippen molar-refractivity contribution in [1.29, 1.82) is 0 Å². The molecule has 0 unspecified atom stereocenters. The molecule has 9 heteroatoms. The summed E-state index contributed by atoms with van der Waals surface area (Å²) in [5.41, 5.74) is -0.208. The van der Waals surface area contributed by atoms with Crippen LogP contribution in [0.2, 0.25) is 0 Å². The van der Waals surface area contributed by atoms with Crippen LogP contribution >= 0.6 is 11.3 Å². The predicted molar refractivity (Wildman–Crippen MR) is 67.6 cm³/mol. The number of hydrogen-bond donors (Lipinski definition) is 2. The summed E-state index contributed by atoms with van der Waals surface area (Å²) in [6.07, 6.45) is 3.28. The molecule has 0 amide bonds. The number of aromatic carboxylic acids is 1. The lowest BCUT2D eigenvalue weighted by atomic mass is 10.3. The molecule has 0 aliphatic heterocycles. The zero-order chi connectivity index (χ0) is 13.8. The van der Waals surface area contributed by atoms with E-state index in [2.05, 4.69) is 20.6 Å². The molecule has 2 rings (SSSR count). The maximum Gasteiger partial charge on any atom is 0.356 e. The summed E-state index contributed by atoms with van der Waals surface area (Å²) in [5.74, 6) is -1.51. The fourth-order valence-corrected chi connectivity index (χ4v) is 2.29. The van der Waals surface area contributed by atoms with Crippen molar-refractivity contribution in [2.75, 3.05) is 11.9 Å². The van der Waals surface area contributed by atoms with Gasteiger partial charge >= 0.3 is 5.97 Å². The number of carbonyl (C=O) groups excluding carboxylic acids is 1. The Kier molecular flexibility index (Phi) is 3.85. The first-order valence-electron chi connectivity index (χ1n) is 5.41. The van der Waals surface area contributed by atoms with Gasteiger partial charge in [0.05, 0.1) is 12.7 Å². The summed E-state index contributed by atoms with van der Waals surface area (Å²) in [4.78, 5) is 26.3. The van der Waals surface area contributed by atoms with E-state index < -0.39 is 5.97 Å². The highest BCUT2D eigenvalue weighted by Crippen LogP contribution is 2.23. The minimum absolute atomic E-state index is 0.149. The highest BCUT2D eigenvalue weighted by Gasteiger charge is 2.20. The first-order valence-corrected chi connectivity index (χ1v) is 6.22. The maximum atomic E-state index is 11.3. The third-order valence-corrected chi connectivity index (χ3v) is 3.35. The molecule has 0 saturated heterocycles. The molecule has 0 spiro atoms. The summed E-state index contributed by atoms with van der Waals surface area (Å²) in [5, 5.41) is 19.8. The molecule has 0 aromatic carbocycles. The molecule has 0 bridgehead atoms. The molecule has 8 nitrogen and oxygen atoms in total. The van der Waals surface area contributed by atoms with Crippen molar-refractivity contribution in [3.05, 3.63) is 23.0 Å². The number of anilines is 1. The lowest BCUT2D eigenvalue weighted by Gasteiger charge is -2.01. The van der Waals surface area contributed by atoms with Crippen LogP contribution in [0.4, 0.5) is 5.13 Å². The van der Waals surface area contributed by atoms with E-state index in [0.717, 1.165) is 11.3 Å². The molecule has 0 fully saturated rings. The van der Waals surface area contributed by atoms with Crippen LogP contribution in [-0.4, -0.2) is 43.4 Å². The number of hydrogen-bond acceptors (Lipinski definition) is 7. The van der Waals surface area contributed by atoms with Gasteiger partial charge in [-0.1, -0.05) is 16.6 Å². The normalized spacial score (nSPS) is 10.4. The van der Waals surface area contributed by atoms with E-state index in [1.54, 1.807) is 17.1 Å². The van der Waals surface area contributed by atoms with Gasteiger partial charge < -0.3 is 10.4 Å². The van der Waals surface area contributed by atoms with Gasteiger partial charge in [0.15, 0.2) is 16.6 Å². The second kappa shape index (κ2) is 5.57. The molecule has 100 valence electrons. The Morgan fingerprint density at radius 1 is 1.53 bits per heavy atom. The summed E-state index contributed by atoms with van der Waals surface area (Å²) >= 11 is 1.04. The quantitative estimate of drug-likeness (QED) is 0.751. The van der Waals surface area contributed by atoms with Gasteiger partial charge in [-0.2, -0.15) is 0 Å². The van der Waals surface area contributed by atoms with Crippen LogP contribution in [0.5, 0.6) is 0 Å². The van der Waals surface area contributed by atoms with Gasteiger partial charge in [-0.25, -0.2) is 9.78 Å². The summed E-state index contributed by atoms with van der Waals surface area (Å²) in [7, 11) is 0. The Labute approximate surface area is 112 Å². The van der Waals surface area contributed by atoms with Crippen molar-refractivity contribution in [3.63, 3.8) is 0 Å². The Balaban J connectivity index is 2.02. The minimum Gasteiger partial charge on any atom is -0.476 e. The fourth-order valence-electron chi connectivity index (χ4n) is 1.41. The number of nitrogens with zero attached hydrogens (tertiary/aromatic N) is 4. The molecule has 0 saturated carbocycles.